The van der Waals surface area contributed by atoms with Gasteiger partial charge in [0, 0.05) is 24.8 Å². The zero-order chi connectivity index (χ0) is 23.0. The number of carbonyl (C=O) groups excluding carboxylic acids is 1. The van der Waals surface area contributed by atoms with Gasteiger partial charge >= 0.3 is 6.18 Å². The van der Waals surface area contributed by atoms with Crippen LogP contribution >= 0.6 is 0 Å². The van der Waals surface area contributed by atoms with Crippen molar-refractivity contribution in [2.45, 2.75) is 50.0 Å². The number of benzene rings is 1. The quantitative estimate of drug-likeness (QED) is 0.741. The number of pyridine rings is 1. The molecule has 176 valence electrons. The molecule has 3 atom stereocenters. The van der Waals surface area contributed by atoms with Crippen molar-refractivity contribution in [2.75, 3.05) is 36.1 Å². The summed E-state index contributed by atoms with van der Waals surface area (Å²) in [4.78, 5) is 20.5. The van der Waals surface area contributed by atoms with E-state index >= 15 is 0 Å². The van der Waals surface area contributed by atoms with Crippen molar-refractivity contribution in [2.24, 2.45) is 0 Å². The molecule has 3 fully saturated rings. The number of ether oxygens (including phenoxy) is 1. The standard InChI is InChI=1S/C24H27F3N4O2/c25-24(26,27)22-8-7-19(12-28-22)30-10-9-17(13-30)29-23(32)11-16-1-3-18(4-2-16)31-20-5-6-21(31)15-33-14-20/h1-4,7-8,12,17,20-21H,5-6,9-11,13-15H2,(H,29,32). The summed E-state index contributed by atoms with van der Waals surface area (Å²) in [5.74, 6) is -0.0495. The molecule has 1 amide bonds. The molecule has 3 unspecified atom stereocenters. The first-order valence-corrected chi connectivity index (χ1v) is 11.4. The first-order chi connectivity index (χ1) is 15.9. The van der Waals surface area contributed by atoms with Crippen LogP contribution in [0.3, 0.4) is 0 Å². The summed E-state index contributed by atoms with van der Waals surface area (Å²) in [6.45, 7) is 2.77. The predicted octanol–water partition coefficient (Wildman–Crippen LogP) is 3.41. The number of nitrogens with zero attached hydrogens (tertiary/aromatic N) is 3. The summed E-state index contributed by atoms with van der Waals surface area (Å²) < 4.78 is 43.8. The van der Waals surface area contributed by atoms with E-state index in [-0.39, 0.29) is 11.9 Å². The highest BCUT2D eigenvalue weighted by Crippen LogP contribution is 2.34. The van der Waals surface area contributed by atoms with E-state index in [1.807, 2.05) is 17.0 Å². The molecule has 1 N–H and O–H groups in total. The summed E-state index contributed by atoms with van der Waals surface area (Å²) in [5, 5.41) is 3.06. The van der Waals surface area contributed by atoms with Gasteiger partial charge in [0.15, 0.2) is 0 Å². The Balaban J connectivity index is 1.13. The van der Waals surface area contributed by atoms with E-state index < -0.39 is 11.9 Å². The van der Waals surface area contributed by atoms with Gasteiger partial charge in [-0.15, -0.1) is 0 Å². The van der Waals surface area contributed by atoms with Crippen LogP contribution in [0.5, 0.6) is 0 Å². The highest BCUT2D eigenvalue weighted by molar-refractivity contribution is 5.79. The number of morpholine rings is 1. The lowest BCUT2D eigenvalue weighted by atomic mass is 10.1. The van der Waals surface area contributed by atoms with Gasteiger partial charge in [-0.05, 0) is 49.1 Å². The van der Waals surface area contributed by atoms with Gasteiger partial charge in [0.25, 0.3) is 0 Å². The molecule has 2 aromatic rings. The topological polar surface area (TPSA) is 57.7 Å². The lowest BCUT2D eigenvalue weighted by Crippen LogP contribution is -2.45. The Bertz CT molecular complexity index is 965. The summed E-state index contributed by atoms with van der Waals surface area (Å²) in [6.07, 6.45) is 0.168. The highest BCUT2D eigenvalue weighted by Gasteiger charge is 2.37. The molecule has 2 bridgehead atoms. The van der Waals surface area contributed by atoms with Crippen LogP contribution < -0.4 is 15.1 Å². The van der Waals surface area contributed by atoms with Crippen LogP contribution in [-0.4, -0.2) is 55.3 Å². The first kappa shape index (κ1) is 22.0. The number of fused-ring (bicyclic) bond motifs is 2. The maximum absolute atomic E-state index is 12.7. The normalized spacial score (nSPS) is 24.9. The van der Waals surface area contributed by atoms with Crippen molar-refractivity contribution < 1.29 is 22.7 Å². The molecule has 0 spiro atoms. The minimum absolute atomic E-state index is 0.0389. The number of amides is 1. The number of rotatable bonds is 5. The molecule has 33 heavy (non-hydrogen) atoms. The predicted molar refractivity (Wildman–Crippen MR) is 118 cm³/mol. The highest BCUT2D eigenvalue weighted by atomic mass is 19.4. The third-order valence-corrected chi connectivity index (χ3v) is 6.80. The van der Waals surface area contributed by atoms with Gasteiger partial charge in [-0.2, -0.15) is 13.2 Å². The fraction of sp³-hybridized carbons (Fsp3) is 0.500. The van der Waals surface area contributed by atoms with E-state index in [2.05, 4.69) is 27.3 Å². The Morgan fingerprint density at radius 2 is 1.73 bits per heavy atom. The maximum Gasteiger partial charge on any atom is 0.433 e. The number of hydrogen-bond donors (Lipinski definition) is 1. The summed E-state index contributed by atoms with van der Waals surface area (Å²) in [6, 6.07) is 11.5. The third kappa shape index (κ3) is 4.78. The maximum atomic E-state index is 12.7. The number of halogens is 3. The second-order valence-electron chi connectivity index (χ2n) is 9.07. The average Bonchev–Trinajstić information content (AvgIpc) is 3.35. The van der Waals surface area contributed by atoms with E-state index in [4.69, 9.17) is 4.74 Å². The van der Waals surface area contributed by atoms with E-state index in [1.165, 1.54) is 18.0 Å². The molecule has 5 rings (SSSR count). The first-order valence-electron chi connectivity index (χ1n) is 11.4. The van der Waals surface area contributed by atoms with Crippen molar-refractivity contribution in [3.05, 3.63) is 53.9 Å². The van der Waals surface area contributed by atoms with Crippen LogP contribution in [0.15, 0.2) is 42.6 Å². The van der Waals surface area contributed by atoms with Gasteiger partial charge in [0.2, 0.25) is 5.91 Å². The van der Waals surface area contributed by atoms with E-state index in [0.717, 1.165) is 44.1 Å². The van der Waals surface area contributed by atoms with Crippen molar-refractivity contribution in [3.8, 4) is 0 Å². The number of aromatic nitrogens is 1. The van der Waals surface area contributed by atoms with Gasteiger partial charge in [0.05, 0.1) is 43.6 Å². The SMILES string of the molecule is O=C(Cc1ccc(N2C3CCC2COC3)cc1)NC1CCN(c2ccc(C(F)(F)F)nc2)C1. The molecule has 6 nitrogen and oxygen atoms in total. The number of alkyl halides is 3. The average molecular weight is 461 g/mol. The van der Waals surface area contributed by atoms with E-state index in [9.17, 15) is 18.0 Å². The number of hydrogen-bond acceptors (Lipinski definition) is 5. The van der Waals surface area contributed by atoms with Gasteiger partial charge in [0.1, 0.15) is 5.69 Å². The Morgan fingerprint density at radius 3 is 2.36 bits per heavy atom. The molecule has 0 aliphatic carbocycles. The van der Waals surface area contributed by atoms with Crippen molar-refractivity contribution in [3.63, 3.8) is 0 Å². The fourth-order valence-electron chi connectivity index (χ4n) is 5.15. The lowest BCUT2D eigenvalue weighted by Gasteiger charge is -2.36. The smallest absolute Gasteiger partial charge is 0.377 e. The van der Waals surface area contributed by atoms with Gasteiger partial charge in [-0.3, -0.25) is 4.79 Å². The molecule has 1 aromatic heterocycles. The van der Waals surface area contributed by atoms with E-state index in [1.54, 1.807) is 0 Å². The lowest BCUT2D eigenvalue weighted by molar-refractivity contribution is -0.141. The molecule has 3 saturated heterocycles. The summed E-state index contributed by atoms with van der Waals surface area (Å²) >= 11 is 0. The van der Waals surface area contributed by atoms with Crippen LogP contribution in [0.2, 0.25) is 0 Å². The van der Waals surface area contributed by atoms with Crippen molar-refractivity contribution in [1.29, 1.82) is 0 Å². The zero-order valence-electron chi connectivity index (χ0n) is 18.2. The third-order valence-electron chi connectivity index (χ3n) is 6.80. The molecule has 3 aliphatic rings. The van der Waals surface area contributed by atoms with Crippen LogP contribution in [0.4, 0.5) is 24.5 Å². The molecular formula is C24H27F3N4O2. The van der Waals surface area contributed by atoms with Crippen LogP contribution in [-0.2, 0) is 22.1 Å². The zero-order valence-corrected chi connectivity index (χ0v) is 18.2. The van der Waals surface area contributed by atoms with Crippen LogP contribution in [0.25, 0.3) is 0 Å². The Labute approximate surface area is 190 Å². The molecule has 0 radical (unpaired) electrons. The second kappa shape index (κ2) is 8.85. The van der Waals surface area contributed by atoms with Gasteiger partial charge < -0.3 is 19.9 Å². The number of anilines is 2. The van der Waals surface area contributed by atoms with Gasteiger partial charge in [-0.1, -0.05) is 12.1 Å². The molecule has 1 aromatic carbocycles. The Morgan fingerprint density at radius 1 is 1.03 bits per heavy atom. The van der Waals surface area contributed by atoms with Crippen LogP contribution in [0.1, 0.15) is 30.5 Å². The van der Waals surface area contributed by atoms with Crippen molar-refractivity contribution in [1.82, 2.24) is 10.3 Å². The van der Waals surface area contributed by atoms with Gasteiger partial charge in [-0.25, -0.2) is 4.98 Å². The second-order valence-corrected chi connectivity index (χ2v) is 9.07. The monoisotopic (exact) mass is 460 g/mol. The molecule has 3 aliphatic heterocycles. The number of carbonyl (C=O) groups is 1. The fourth-order valence-corrected chi connectivity index (χ4v) is 5.15. The number of nitrogens with one attached hydrogen (secondary N) is 1. The molecular weight excluding hydrogens is 433 g/mol. The van der Waals surface area contributed by atoms with E-state index in [0.29, 0.717) is 37.3 Å². The largest absolute Gasteiger partial charge is 0.433 e. The molecule has 0 saturated carbocycles. The Hall–Kier alpha value is -2.81. The van der Waals surface area contributed by atoms with Crippen LogP contribution in [0, 0.1) is 0 Å². The van der Waals surface area contributed by atoms with Crippen molar-refractivity contribution >= 4 is 17.3 Å². The molecule has 4 heterocycles. The summed E-state index contributed by atoms with van der Waals surface area (Å²) in [5.41, 5.74) is 1.88. The minimum atomic E-state index is -4.44. The molecule has 9 heteroatoms. The Kier molecular flexibility index (Phi) is 5.90. The minimum Gasteiger partial charge on any atom is -0.377 e. The summed E-state index contributed by atoms with van der Waals surface area (Å²) in [7, 11) is 0.